The summed E-state index contributed by atoms with van der Waals surface area (Å²) in [6, 6.07) is 18.0. The summed E-state index contributed by atoms with van der Waals surface area (Å²) in [5.74, 6) is 1.13. The number of hydrogen-bond donors (Lipinski definition) is 2. The molecule has 0 unspecified atom stereocenters. The fraction of sp³-hybridized carbons (Fsp3) is 0.404. The topological polar surface area (TPSA) is 57.4 Å². The zero-order chi connectivity index (χ0) is 36.1. The van der Waals surface area contributed by atoms with Crippen LogP contribution in [0.5, 0.6) is 0 Å². The van der Waals surface area contributed by atoms with Gasteiger partial charge in [0.2, 0.25) is 0 Å². The highest BCUT2D eigenvalue weighted by Crippen LogP contribution is 2.39. The molecule has 0 aliphatic carbocycles. The van der Waals surface area contributed by atoms with Crippen molar-refractivity contribution in [2.45, 2.75) is 125 Å². The first kappa shape index (κ1) is 36.4. The maximum absolute atomic E-state index is 5.54. The maximum atomic E-state index is 5.54. The number of H-pyrrole nitrogens is 2. The number of benzene rings is 1. The number of nitrogens with one attached hydrogen (secondary N) is 2. The lowest BCUT2D eigenvalue weighted by molar-refractivity contribution is 0.633. The molecular weight excluding hydrogens is 621 g/mol. The second-order valence-corrected chi connectivity index (χ2v) is 14.3. The summed E-state index contributed by atoms with van der Waals surface area (Å²) in [4.78, 5) is 19.1. The molecule has 8 bridgehead atoms. The van der Waals surface area contributed by atoms with Crippen LogP contribution in [0.3, 0.4) is 0 Å². The van der Waals surface area contributed by atoms with Gasteiger partial charge in [-0.05, 0) is 135 Å². The van der Waals surface area contributed by atoms with Gasteiger partial charge in [0.05, 0.1) is 28.3 Å². The van der Waals surface area contributed by atoms with Crippen LogP contribution in [0.4, 0.5) is 0 Å². The van der Waals surface area contributed by atoms with Gasteiger partial charge in [-0.1, -0.05) is 84.9 Å². The minimum absolute atomic E-state index is 0.369. The van der Waals surface area contributed by atoms with Crippen molar-refractivity contribution >= 4 is 51.9 Å². The second kappa shape index (κ2) is 16.3. The SMILES string of the molecule is C/C=C(/CC)c1c2ccc([nH]2)c(C(CC)CC)c2nc(c(C(CC)CC)c3nc(c(C(CC)CC)c4cc(Cc5ccccc5)c1[nH]4)C=C3)C=C2. The molecule has 1 aromatic carbocycles. The van der Waals surface area contributed by atoms with Crippen LogP contribution >= 0.6 is 0 Å². The number of aromatic nitrogens is 4. The monoisotopic (exact) mass is 678 g/mol. The molecule has 266 valence electrons. The van der Waals surface area contributed by atoms with Crippen molar-refractivity contribution in [2.75, 3.05) is 0 Å². The van der Waals surface area contributed by atoms with Crippen molar-refractivity contribution in [3.8, 4) is 0 Å². The van der Waals surface area contributed by atoms with Crippen LogP contribution in [-0.4, -0.2) is 19.9 Å². The minimum Gasteiger partial charge on any atom is -0.355 e. The molecule has 5 heterocycles. The third-order valence-electron chi connectivity index (χ3n) is 11.5. The summed E-state index contributed by atoms with van der Waals surface area (Å²) >= 11 is 0. The van der Waals surface area contributed by atoms with E-state index >= 15 is 0 Å². The van der Waals surface area contributed by atoms with Gasteiger partial charge in [0.1, 0.15) is 0 Å². The number of nitrogens with zero attached hydrogens (tertiary/aromatic N) is 2. The predicted octanol–water partition coefficient (Wildman–Crippen LogP) is 13.8. The van der Waals surface area contributed by atoms with Crippen molar-refractivity contribution in [1.82, 2.24) is 19.9 Å². The zero-order valence-electron chi connectivity index (χ0n) is 32.3. The number of rotatable bonds is 13. The molecule has 3 aromatic heterocycles. The van der Waals surface area contributed by atoms with Gasteiger partial charge in [-0.25, -0.2) is 9.97 Å². The van der Waals surface area contributed by atoms with Gasteiger partial charge in [-0.3, -0.25) is 0 Å². The molecule has 0 spiro atoms. The summed E-state index contributed by atoms with van der Waals surface area (Å²) < 4.78 is 0. The molecule has 4 heteroatoms. The first-order valence-corrected chi connectivity index (χ1v) is 19.8. The van der Waals surface area contributed by atoms with Gasteiger partial charge < -0.3 is 9.97 Å². The quantitative estimate of drug-likeness (QED) is 0.128. The Kier molecular flexibility index (Phi) is 11.6. The Hall–Kier alpha value is -4.44. The molecule has 0 atom stereocenters. The lowest BCUT2D eigenvalue weighted by atomic mass is 9.91. The molecule has 0 radical (unpaired) electrons. The van der Waals surface area contributed by atoms with Gasteiger partial charge in [0.25, 0.3) is 0 Å². The summed E-state index contributed by atoms with van der Waals surface area (Å²) in [7, 11) is 0. The van der Waals surface area contributed by atoms with Crippen molar-refractivity contribution in [2.24, 2.45) is 0 Å². The molecule has 0 saturated carbocycles. The van der Waals surface area contributed by atoms with Crippen LogP contribution in [0, 0.1) is 0 Å². The van der Waals surface area contributed by atoms with E-state index in [1.807, 2.05) is 0 Å². The molecule has 4 aromatic rings. The molecule has 6 rings (SSSR count). The summed E-state index contributed by atoms with van der Waals surface area (Å²) in [5.41, 5.74) is 18.1. The van der Waals surface area contributed by atoms with E-state index in [0.717, 1.165) is 85.2 Å². The average Bonchev–Trinajstić information content (AvgIpc) is 3.99. The van der Waals surface area contributed by atoms with Gasteiger partial charge in [-0.2, -0.15) is 0 Å². The fourth-order valence-electron chi connectivity index (χ4n) is 8.61. The number of aromatic amines is 2. The van der Waals surface area contributed by atoms with Crippen molar-refractivity contribution in [1.29, 1.82) is 0 Å². The lowest BCUT2D eigenvalue weighted by Crippen LogP contribution is -2.03. The highest BCUT2D eigenvalue weighted by atomic mass is 14.8. The number of hydrogen-bond acceptors (Lipinski definition) is 2. The Labute approximate surface area is 306 Å². The first-order valence-electron chi connectivity index (χ1n) is 19.8. The normalized spacial score (nSPS) is 13.0. The standard InChI is InChI=1S/C47H58N4/c1-9-31(10-2)43-36-22-23-37(48-36)44(32(11-3)12-4)39-26-27-41(50-39)46(34(15-7)16-8)47-35(28-30-20-18-17-19-21-30)29-42(51-47)45(33(13-5)14-6)40-25-24-38(43)49-40/h15,17-27,29,31-33,50-51H,9-14,16,28H2,1-8H3/b34-15-,43-36?,43-38?,44-37?,44-39?,45-40?,45-42?,46-41?,47-46?. The van der Waals surface area contributed by atoms with E-state index in [0.29, 0.717) is 17.8 Å². The largest absolute Gasteiger partial charge is 0.355 e. The van der Waals surface area contributed by atoms with Crippen LogP contribution in [0.15, 0.2) is 54.6 Å². The van der Waals surface area contributed by atoms with Crippen molar-refractivity contribution < 1.29 is 0 Å². The summed E-state index contributed by atoms with van der Waals surface area (Å²) in [5, 5.41) is 0. The molecule has 0 amide bonds. The third kappa shape index (κ3) is 7.07. The lowest BCUT2D eigenvalue weighted by Gasteiger charge is -2.16. The highest BCUT2D eigenvalue weighted by molar-refractivity contribution is 5.93. The van der Waals surface area contributed by atoms with Crippen LogP contribution in [0.1, 0.15) is 174 Å². The smallest absolute Gasteiger partial charge is 0.0694 e. The molecule has 51 heavy (non-hydrogen) atoms. The molecule has 4 nitrogen and oxygen atoms in total. The minimum atomic E-state index is 0.369. The molecule has 2 N–H and O–H groups in total. The summed E-state index contributed by atoms with van der Waals surface area (Å²) in [6.07, 6.45) is 19.4. The fourth-order valence-corrected chi connectivity index (χ4v) is 8.61. The van der Waals surface area contributed by atoms with Crippen LogP contribution in [-0.2, 0) is 6.42 Å². The van der Waals surface area contributed by atoms with E-state index in [9.17, 15) is 0 Å². The van der Waals surface area contributed by atoms with Crippen LogP contribution in [0.25, 0.3) is 51.9 Å². The zero-order valence-corrected chi connectivity index (χ0v) is 32.3. The predicted molar refractivity (Wildman–Crippen MR) is 222 cm³/mol. The van der Waals surface area contributed by atoms with Gasteiger partial charge >= 0.3 is 0 Å². The van der Waals surface area contributed by atoms with Gasteiger partial charge in [0.15, 0.2) is 0 Å². The number of allylic oxidation sites excluding steroid dienone is 2. The second-order valence-electron chi connectivity index (χ2n) is 14.3. The molecule has 2 aliphatic heterocycles. The van der Waals surface area contributed by atoms with E-state index in [-0.39, 0.29) is 0 Å². The highest BCUT2D eigenvalue weighted by Gasteiger charge is 2.24. The van der Waals surface area contributed by atoms with Crippen LogP contribution in [0.2, 0.25) is 0 Å². The molecule has 0 fully saturated rings. The van der Waals surface area contributed by atoms with Gasteiger partial charge in [0, 0.05) is 38.8 Å². The van der Waals surface area contributed by atoms with Crippen molar-refractivity contribution in [3.63, 3.8) is 0 Å². The molecule has 2 aliphatic rings. The average molecular weight is 679 g/mol. The van der Waals surface area contributed by atoms with Crippen LogP contribution < -0.4 is 0 Å². The summed E-state index contributed by atoms with van der Waals surface area (Å²) in [6.45, 7) is 18.3. The Morgan fingerprint density at radius 3 is 1.59 bits per heavy atom. The van der Waals surface area contributed by atoms with Gasteiger partial charge in [-0.15, -0.1) is 0 Å². The van der Waals surface area contributed by atoms with E-state index in [2.05, 4.69) is 144 Å². The van der Waals surface area contributed by atoms with E-state index in [1.165, 1.54) is 50.0 Å². The van der Waals surface area contributed by atoms with E-state index in [1.54, 1.807) is 0 Å². The van der Waals surface area contributed by atoms with Crippen molar-refractivity contribution in [3.05, 3.63) is 111 Å². The van der Waals surface area contributed by atoms with E-state index in [4.69, 9.17) is 9.97 Å². The van der Waals surface area contributed by atoms with E-state index < -0.39 is 0 Å². The Bertz CT molecular complexity index is 2090. The third-order valence-corrected chi connectivity index (χ3v) is 11.5. The molecular formula is C47H58N4. The maximum Gasteiger partial charge on any atom is 0.0694 e. The Morgan fingerprint density at radius 1 is 0.588 bits per heavy atom. The number of fused-ring (bicyclic) bond motifs is 8. The molecule has 0 saturated heterocycles. The first-order chi connectivity index (χ1) is 24.9. The Morgan fingerprint density at radius 2 is 1.08 bits per heavy atom. The Balaban J connectivity index is 1.88.